The fourth-order valence-electron chi connectivity index (χ4n) is 2.23. The SMILES string of the molecule is Cl.NC(=O)c1cccc(S(=O)(=O)NCC2CCCNC2)c1. The first kappa shape index (κ1) is 17.9. The third-order valence-electron chi connectivity index (χ3n) is 3.39. The number of sulfonamides is 1. The molecule has 2 rings (SSSR count). The molecule has 0 aromatic heterocycles. The normalized spacial score (nSPS) is 18.8. The van der Waals surface area contributed by atoms with Crippen LogP contribution in [0.25, 0.3) is 0 Å². The summed E-state index contributed by atoms with van der Waals surface area (Å²) in [7, 11) is -3.60. The average molecular weight is 334 g/mol. The van der Waals surface area contributed by atoms with Crippen LogP contribution in [0.15, 0.2) is 29.2 Å². The summed E-state index contributed by atoms with van der Waals surface area (Å²) >= 11 is 0. The van der Waals surface area contributed by atoms with Crippen LogP contribution in [0.3, 0.4) is 0 Å². The number of carbonyl (C=O) groups is 1. The van der Waals surface area contributed by atoms with Gasteiger partial charge in [0.25, 0.3) is 0 Å². The van der Waals surface area contributed by atoms with Crippen molar-refractivity contribution in [3.63, 3.8) is 0 Å². The third-order valence-corrected chi connectivity index (χ3v) is 4.81. The van der Waals surface area contributed by atoms with Crippen molar-refractivity contribution in [3.05, 3.63) is 29.8 Å². The Labute approximate surface area is 130 Å². The van der Waals surface area contributed by atoms with E-state index < -0.39 is 15.9 Å². The highest BCUT2D eigenvalue weighted by Gasteiger charge is 2.19. The Morgan fingerprint density at radius 2 is 2.19 bits per heavy atom. The number of rotatable bonds is 5. The predicted octanol–water partition coefficient (Wildman–Crippen LogP) is 0.485. The lowest BCUT2D eigenvalue weighted by molar-refractivity contribution is 0.1000. The van der Waals surface area contributed by atoms with Crippen LogP contribution in [-0.2, 0) is 10.0 Å². The van der Waals surface area contributed by atoms with Gasteiger partial charge in [-0.3, -0.25) is 4.79 Å². The molecule has 1 amide bonds. The summed E-state index contributed by atoms with van der Waals surface area (Å²) in [5, 5.41) is 3.24. The van der Waals surface area contributed by atoms with Gasteiger partial charge in [0.15, 0.2) is 0 Å². The van der Waals surface area contributed by atoms with Crippen LogP contribution in [0, 0.1) is 5.92 Å². The van der Waals surface area contributed by atoms with Crippen LogP contribution in [0.5, 0.6) is 0 Å². The molecule has 1 aromatic rings. The molecule has 8 heteroatoms. The fourth-order valence-corrected chi connectivity index (χ4v) is 3.39. The van der Waals surface area contributed by atoms with Gasteiger partial charge in [-0.25, -0.2) is 13.1 Å². The van der Waals surface area contributed by atoms with Crippen molar-refractivity contribution in [2.24, 2.45) is 11.7 Å². The van der Waals surface area contributed by atoms with Gasteiger partial charge in [0, 0.05) is 12.1 Å². The topological polar surface area (TPSA) is 101 Å². The molecular formula is C13H20ClN3O3S. The first-order chi connectivity index (χ1) is 9.49. The number of piperidine rings is 1. The highest BCUT2D eigenvalue weighted by atomic mass is 35.5. The number of hydrogen-bond acceptors (Lipinski definition) is 4. The van der Waals surface area contributed by atoms with Gasteiger partial charge in [-0.1, -0.05) is 6.07 Å². The lowest BCUT2D eigenvalue weighted by Gasteiger charge is -2.22. The van der Waals surface area contributed by atoms with E-state index in [1.165, 1.54) is 24.3 Å². The van der Waals surface area contributed by atoms with Crippen LogP contribution in [0.2, 0.25) is 0 Å². The molecule has 1 aromatic carbocycles. The van der Waals surface area contributed by atoms with Crippen LogP contribution in [0.4, 0.5) is 0 Å². The second kappa shape index (κ2) is 7.74. The summed E-state index contributed by atoms with van der Waals surface area (Å²) in [5.41, 5.74) is 5.34. The predicted molar refractivity (Wildman–Crippen MR) is 83.0 cm³/mol. The Kier molecular flexibility index (Phi) is 6.60. The minimum absolute atomic E-state index is 0. The zero-order valence-electron chi connectivity index (χ0n) is 11.5. The van der Waals surface area contributed by atoms with E-state index in [2.05, 4.69) is 10.0 Å². The average Bonchev–Trinajstić information content (AvgIpc) is 2.46. The van der Waals surface area contributed by atoms with E-state index in [4.69, 9.17) is 5.73 Å². The Hall–Kier alpha value is -1.15. The second-order valence-corrected chi connectivity index (χ2v) is 6.72. The zero-order chi connectivity index (χ0) is 14.6. The number of nitrogens with one attached hydrogen (secondary N) is 2. The molecule has 1 unspecified atom stereocenters. The molecule has 1 heterocycles. The Bertz CT molecular complexity index is 586. The molecule has 1 aliphatic heterocycles. The van der Waals surface area contributed by atoms with Gasteiger partial charge in [0.2, 0.25) is 15.9 Å². The van der Waals surface area contributed by atoms with E-state index in [0.717, 1.165) is 25.9 Å². The number of nitrogens with two attached hydrogens (primary N) is 1. The summed E-state index contributed by atoms with van der Waals surface area (Å²) in [6.07, 6.45) is 2.07. The van der Waals surface area contributed by atoms with E-state index in [0.29, 0.717) is 12.5 Å². The largest absolute Gasteiger partial charge is 0.366 e. The molecule has 6 nitrogen and oxygen atoms in total. The van der Waals surface area contributed by atoms with Crippen molar-refractivity contribution in [2.45, 2.75) is 17.7 Å². The monoisotopic (exact) mass is 333 g/mol. The maximum absolute atomic E-state index is 12.2. The Morgan fingerprint density at radius 1 is 1.43 bits per heavy atom. The molecule has 0 saturated carbocycles. The van der Waals surface area contributed by atoms with Gasteiger partial charge in [-0.2, -0.15) is 0 Å². The molecule has 0 bridgehead atoms. The number of primary amides is 1. The van der Waals surface area contributed by atoms with Crippen LogP contribution in [-0.4, -0.2) is 34.0 Å². The number of hydrogen-bond donors (Lipinski definition) is 3. The summed E-state index contributed by atoms with van der Waals surface area (Å²) < 4.78 is 26.9. The number of benzene rings is 1. The Morgan fingerprint density at radius 3 is 2.81 bits per heavy atom. The molecule has 0 spiro atoms. The van der Waals surface area contributed by atoms with Gasteiger partial charge < -0.3 is 11.1 Å². The summed E-state index contributed by atoms with van der Waals surface area (Å²) in [6.45, 7) is 2.21. The van der Waals surface area contributed by atoms with Crippen molar-refractivity contribution < 1.29 is 13.2 Å². The van der Waals surface area contributed by atoms with E-state index in [1.54, 1.807) is 0 Å². The number of carbonyl (C=O) groups excluding carboxylic acids is 1. The molecule has 1 fully saturated rings. The van der Waals surface area contributed by atoms with Crippen LogP contribution >= 0.6 is 12.4 Å². The summed E-state index contributed by atoms with van der Waals surface area (Å²) in [4.78, 5) is 11.2. The van der Waals surface area contributed by atoms with E-state index in [1.807, 2.05) is 0 Å². The van der Waals surface area contributed by atoms with Crippen LogP contribution < -0.4 is 15.8 Å². The molecule has 0 radical (unpaired) electrons. The van der Waals surface area contributed by atoms with Gasteiger partial charge >= 0.3 is 0 Å². The zero-order valence-corrected chi connectivity index (χ0v) is 13.2. The van der Waals surface area contributed by atoms with E-state index in [9.17, 15) is 13.2 Å². The van der Waals surface area contributed by atoms with Crippen molar-refractivity contribution >= 4 is 28.3 Å². The lowest BCUT2D eigenvalue weighted by atomic mass is 10.0. The number of halogens is 1. The first-order valence-electron chi connectivity index (χ1n) is 6.59. The van der Waals surface area contributed by atoms with E-state index in [-0.39, 0.29) is 22.9 Å². The second-order valence-electron chi connectivity index (χ2n) is 4.96. The summed E-state index contributed by atoms with van der Waals surface area (Å²) in [6, 6.07) is 5.75. The molecule has 118 valence electrons. The highest BCUT2D eigenvalue weighted by Crippen LogP contribution is 2.13. The summed E-state index contributed by atoms with van der Waals surface area (Å²) in [5.74, 6) is -0.337. The lowest BCUT2D eigenvalue weighted by Crippen LogP contribution is -2.38. The van der Waals surface area contributed by atoms with Crippen molar-refractivity contribution in [2.75, 3.05) is 19.6 Å². The maximum Gasteiger partial charge on any atom is 0.248 e. The van der Waals surface area contributed by atoms with Gasteiger partial charge in [-0.15, -0.1) is 12.4 Å². The maximum atomic E-state index is 12.2. The molecule has 0 aliphatic carbocycles. The minimum atomic E-state index is -3.60. The van der Waals surface area contributed by atoms with Crippen LogP contribution in [0.1, 0.15) is 23.2 Å². The number of amides is 1. The first-order valence-corrected chi connectivity index (χ1v) is 8.07. The van der Waals surface area contributed by atoms with Crippen molar-refractivity contribution in [3.8, 4) is 0 Å². The quantitative estimate of drug-likeness (QED) is 0.729. The standard InChI is InChI=1S/C13H19N3O3S.ClH/c14-13(17)11-4-1-5-12(7-11)20(18,19)16-9-10-3-2-6-15-8-10;/h1,4-5,7,10,15-16H,2-3,6,8-9H2,(H2,14,17);1H. The third kappa shape index (κ3) is 4.96. The fraction of sp³-hybridized carbons (Fsp3) is 0.462. The Balaban J connectivity index is 0.00000220. The van der Waals surface area contributed by atoms with Gasteiger partial charge in [0.05, 0.1) is 4.90 Å². The molecule has 4 N–H and O–H groups in total. The molecule has 21 heavy (non-hydrogen) atoms. The molecule has 1 aliphatic rings. The molecular weight excluding hydrogens is 314 g/mol. The van der Waals surface area contributed by atoms with Crippen molar-refractivity contribution in [1.29, 1.82) is 0 Å². The molecule has 1 saturated heterocycles. The molecule has 1 atom stereocenters. The minimum Gasteiger partial charge on any atom is -0.366 e. The highest BCUT2D eigenvalue weighted by molar-refractivity contribution is 7.89. The van der Waals surface area contributed by atoms with E-state index >= 15 is 0 Å². The smallest absolute Gasteiger partial charge is 0.248 e. The van der Waals surface area contributed by atoms with Gasteiger partial charge in [0.1, 0.15) is 0 Å². The van der Waals surface area contributed by atoms with Crippen molar-refractivity contribution in [1.82, 2.24) is 10.0 Å². The van der Waals surface area contributed by atoms with Gasteiger partial charge in [-0.05, 0) is 50.0 Å².